The third-order valence-corrected chi connectivity index (χ3v) is 5.91. The maximum atomic E-state index is 13.3. The summed E-state index contributed by atoms with van der Waals surface area (Å²) >= 11 is 1.46. The summed E-state index contributed by atoms with van der Waals surface area (Å²) in [6, 6.07) is 13.8. The molecule has 0 spiro atoms. The lowest BCUT2D eigenvalue weighted by molar-refractivity contribution is 0.0982. The van der Waals surface area contributed by atoms with Crippen LogP contribution in [-0.4, -0.2) is 42.7 Å². The highest BCUT2D eigenvalue weighted by Gasteiger charge is 2.26. The van der Waals surface area contributed by atoms with Crippen molar-refractivity contribution in [3.8, 4) is 22.1 Å². The Morgan fingerprint density at radius 3 is 2.89 bits per heavy atom. The summed E-state index contributed by atoms with van der Waals surface area (Å²) < 4.78 is 10.8. The second kappa shape index (κ2) is 6.92. The molecule has 0 bridgehead atoms. The number of likely N-dealkylation sites (N-methyl/N-ethyl adjacent to an activating group) is 1. The summed E-state index contributed by atoms with van der Waals surface area (Å²) in [4.78, 5) is 22.0. The van der Waals surface area contributed by atoms with E-state index < -0.39 is 0 Å². The normalized spacial score (nSPS) is 16.0. The third-order valence-electron chi connectivity index (χ3n) is 5.02. The number of para-hydroxylation sites is 1. The van der Waals surface area contributed by atoms with Crippen molar-refractivity contribution in [2.45, 2.75) is 6.54 Å². The Morgan fingerprint density at radius 2 is 1.96 bits per heavy atom. The first-order chi connectivity index (χ1) is 13.7. The SMILES string of the molecule is CN1CCN(C(=O)c2csc(-c3ccc4c(c3)OCO4)n2)c2ccccc2C1. The second-order valence-electron chi connectivity index (χ2n) is 6.93. The predicted octanol–water partition coefficient (Wildman–Crippen LogP) is 3.63. The monoisotopic (exact) mass is 393 g/mol. The minimum absolute atomic E-state index is 0.0639. The molecule has 0 saturated heterocycles. The Morgan fingerprint density at radius 1 is 1.11 bits per heavy atom. The highest BCUT2D eigenvalue weighted by molar-refractivity contribution is 7.13. The fourth-order valence-electron chi connectivity index (χ4n) is 3.55. The molecule has 0 atom stereocenters. The molecule has 2 aliphatic rings. The highest BCUT2D eigenvalue weighted by atomic mass is 32.1. The Bertz CT molecular complexity index is 1050. The van der Waals surface area contributed by atoms with E-state index in [1.807, 2.05) is 46.7 Å². The van der Waals surface area contributed by atoms with Crippen LogP contribution in [0, 0.1) is 0 Å². The number of hydrogen-bond acceptors (Lipinski definition) is 6. The second-order valence-corrected chi connectivity index (χ2v) is 7.79. The van der Waals surface area contributed by atoms with Crippen molar-refractivity contribution >= 4 is 22.9 Å². The smallest absolute Gasteiger partial charge is 0.277 e. The Balaban J connectivity index is 1.45. The Labute approximate surface area is 166 Å². The van der Waals surface area contributed by atoms with Gasteiger partial charge in [-0.25, -0.2) is 4.98 Å². The minimum atomic E-state index is -0.0639. The fourth-order valence-corrected chi connectivity index (χ4v) is 4.34. The number of nitrogens with zero attached hydrogens (tertiary/aromatic N) is 3. The van der Waals surface area contributed by atoms with E-state index in [1.54, 1.807) is 0 Å². The van der Waals surface area contributed by atoms with Crippen molar-refractivity contribution in [3.63, 3.8) is 0 Å². The molecule has 0 N–H and O–H groups in total. The number of ether oxygens (including phenoxy) is 2. The number of fused-ring (bicyclic) bond motifs is 2. The molecule has 2 aliphatic heterocycles. The molecule has 6 nitrogen and oxygen atoms in total. The zero-order valence-electron chi connectivity index (χ0n) is 15.4. The van der Waals surface area contributed by atoms with E-state index in [9.17, 15) is 4.79 Å². The van der Waals surface area contributed by atoms with E-state index in [4.69, 9.17) is 9.47 Å². The van der Waals surface area contributed by atoms with Gasteiger partial charge in [0.1, 0.15) is 10.7 Å². The van der Waals surface area contributed by atoms with Crippen LogP contribution in [0.3, 0.4) is 0 Å². The van der Waals surface area contributed by atoms with Crippen LogP contribution in [0.2, 0.25) is 0 Å². The lowest BCUT2D eigenvalue weighted by Crippen LogP contribution is -2.35. The number of rotatable bonds is 2. The molecular weight excluding hydrogens is 374 g/mol. The van der Waals surface area contributed by atoms with Gasteiger partial charge in [0.2, 0.25) is 6.79 Å². The molecule has 28 heavy (non-hydrogen) atoms. The van der Waals surface area contributed by atoms with Crippen molar-refractivity contribution in [2.24, 2.45) is 0 Å². The van der Waals surface area contributed by atoms with Gasteiger partial charge >= 0.3 is 0 Å². The lowest BCUT2D eigenvalue weighted by atomic mass is 10.1. The number of benzene rings is 2. The summed E-state index contributed by atoms with van der Waals surface area (Å²) in [7, 11) is 2.07. The molecule has 0 fully saturated rings. The van der Waals surface area contributed by atoms with Crippen LogP contribution < -0.4 is 14.4 Å². The maximum absolute atomic E-state index is 13.3. The molecule has 0 radical (unpaired) electrons. The van der Waals surface area contributed by atoms with Gasteiger partial charge < -0.3 is 19.3 Å². The number of aromatic nitrogens is 1. The molecule has 5 rings (SSSR count). The van der Waals surface area contributed by atoms with Crippen molar-refractivity contribution in [2.75, 3.05) is 31.8 Å². The number of hydrogen-bond donors (Lipinski definition) is 0. The van der Waals surface area contributed by atoms with Crippen LogP contribution in [-0.2, 0) is 6.54 Å². The van der Waals surface area contributed by atoms with Gasteiger partial charge in [0.15, 0.2) is 11.5 Å². The van der Waals surface area contributed by atoms with Gasteiger partial charge in [-0.1, -0.05) is 18.2 Å². The van der Waals surface area contributed by atoms with Crippen molar-refractivity contribution in [3.05, 3.63) is 59.1 Å². The fraction of sp³-hybridized carbons (Fsp3) is 0.238. The van der Waals surface area contributed by atoms with Gasteiger partial charge in [-0.15, -0.1) is 11.3 Å². The molecule has 3 aromatic rings. The molecule has 3 heterocycles. The number of carbonyl (C=O) groups is 1. The Hall–Kier alpha value is -2.90. The number of carbonyl (C=O) groups excluding carboxylic acids is 1. The van der Waals surface area contributed by atoms with Gasteiger partial charge in [-0.05, 0) is 36.9 Å². The molecule has 1 aromatic heterocycles. The average Bonchev–Trinajstić information content (AvgIpc) is 3.34. The molecule has 0 saturated carbocycles. The molecule has 142 valence electrons. The lowest BCUT2D eigenvalue weighted by Gasteiger charge is -2.21. The van der Waals surface area contributed by atoms with E-state index in [2.05, 4.69) is 23.0 Å². The zero-order chi connectivity index (χ0) is 19.1. The van der Waals surface area contributed by atoms with Gasteiger partial charge in [-0.2, -0.15) is 0 Å². The van der Waals surface area contributed by atoms with Crippen molar-refractivity contribution in [1.29, 1.82) is 0 Å². The molecule has 1 amide bonds. The Kier molecular flexibility index (Phi) is 4.26. The van der Waals surface area contributed by atoms with E-state index in [1.165, 1.54) is 11.3 Å². The van der Waals surface area contributed by atoms with Gasteiger partial charge in [0.25, 0.3) is 5.91 Å². The molecule has 2 aromatic carbocycles. The topological polar surface area (TPSA) is 54.9 Å². The summed E-state index contributed by atoms with van der Waals surface area (Å²) in [5, 5.41) is 2.63. The average molecular weight is 393 g/mol. The molecule has 0 aliphatic carbocycles. The summed E-state index contributed by atoms with van der Waals surface area (Å²) in [5.74, 6) is 1.39. The first-order valence-electron chi connectivity index (χ1n) is 9.13. The maximum Gasteiger partial charge on any atom is 0.277 e. The number of anilines is 1. The summed E-state index contributed by atoms with van der Waals surface area (Å²) in [5.41, 5.74) is 3.51. The number of thiazole rings is 1. The van der Waals surface area contributed by atoms with Gasteiger partial charge in [-0.3, -0.25) is 4.79 Å². The van der Waals surface area contributed by atoms with Crippen LogP contribution in [0.1, 0.15) is 16.1 Å². The van der Waals surface area contributed by atoms with Crippen LogP contribution in [0.5, 0.6) is 11.5 Å². The highest BCUT2D eigenvalue weighted by Crippen LogP contribution is 2.37. The number of amides is 1. The van der Waals surface area contributed by atoms with Gasteiger partial charge in [0.05, 0.1) is 0 Å². The van der Waals surface area contributed by atoms with Crippen LogP contribution in [0.25, 0.3) is 10.6 Å². The van der Waals surface area contributed by atoms with Crippen LogP contribution in [0.4, 0.5) is 5.69 Å². The van der Waals surface area contributed by atoms with E-state index in [0.717, 1.165) is 40.7 Å². The van der Waals surface area contributed by atoms with Crippen LogP contribution >= 0.6 is 11.3 Å². The first kappa shape index (κ1) is 17.2. The largest absolute Gasteiger partial charge is 0.454 e. The minimum Gasteiger partial charge on any atom is -0.454 e. The quantitative estimate of drug-likeness (QED) is 0.666. The van der Waals surface area contributed by atoms with Crippen molar-refractivity contribution in [1.82, 2.24) is 9.88 Å². The molecule has 7 heteroatoms. The first-order valence-corrected chi connectivity index (χ1v) is 10.0. The zero-order valence-corrected chi connectivity index (χ0v) is 16.2. The van der Waals surface area contributed by atoms with Crippen LogP contribution in [0.15, 0.2) is 47.8 Å². The predicted molar refractivity (Wildman–Crippen MR) is 108 cm³/mol. The third kappa shape index (κ3) is 3.02. The molecular formula is C21H19N3O3S. The van der Waals surface area contributed by atoms with Gasteiger partial charge in [0, 0.05) is 36.3 Å². The van der Waals surface area contributed by atoms with E-state index in [0.29, 0.717) is 18.0 Å². The molecule has 0 unspecified atom stereocenters. The van der Waals surface area contributed by atoms with E-state index in [-0.39, 0.29) is 12.7 Å². The standard InChI is InChI=1S/C21H19N3O3S/c1-23-8-9-24(17-5-3-2-4-15(17)11-23)21(25)16-12-28-20(22-16)14-6-7-18-19(10-14)27-13-26-18/h2-7,10,12H,8-9,11,13H2,1H3. The summed E-state index contributed by atoms with van der Waals surface area (Å²) in [6.07, 6.45) is 0. The van der Waals surface area contributed by atoms with E-state index >= 15 is 0 Å². The van der Waals surface area contributed by atoms with Crippen molar-refractivity contribution < 1.29 is 14.3 Å². The summed E-state index contributed by atoms with van der Waals surface area (Å²) in [6.45, 7) is 2.53.